The van der Waals surface area contributed by atoms with Gasteiger partial charge >= 0.3 is 6.03 Å². The van der Waals surface area contributed by atoms with Gasteiger partial charge < -0.3 is 15.7 Å². The van der Waals surface area contributed by atoms with Gasteiger partial charge in [0.25, 0.3) is 0 Å². The van der Waals surface area contributed by atoms with Crippen LogP contribution in [-0.4, -0.2) is 17.7 Å². The topological polar surface area (TPSA) is 61.4 Å². The molecule has 0 aliphatic rings. The van der Waals surface area contributed by atoms with Crippen LogP contribution >= 0.6 is 11.3 Å². The number of aliphatic hydroxyl groups is 1. The minimum absolute atomic E-state index is 0.254. The molecular formula is C16H20N2O2S. The Morgan fingerprint density at radius 2 is 2.10 bits per heavy atom. The minimum Gasteiger partial charge on any atom is -0.388 e. The van der Waals surface area contributed by atoms with Crippen LogP contribution in [0.4, 0.5) is 10.5 Å². The minimum atomic E-state index is -0.529. The molecule has 5 heteroatoms. The average molecular weight is 304 g/mol. The van der Waals surface area contributed by atoms with Gasteiger partial charge in [-0.1, -0.05) is 6.07 Å². The molecule has 1 atom stereocenters. The molecule has 0 aliphatic heterocycles. The molecule has 112 valence electrons. The fourth-order valence-electron chi connectivity index (χ4n) is 1.95. The SMILES string of the molecule is Cc1ccc(NC(=O)NCC[C@@H](O)c2ccsc2)cc1C. The molecule has 0 bridgehead atoms. The van der Waals surface area contributed by atoms with Gasteiger partial charge in [0.05, 0.1) is 6.10 Å². The van der Waals surface area contributed by atoms with E-state index in [0.717, 1.165) is 16.8 Å². The van der Waals surface area contributed by atoms with E-state index >= 15 is 0 Å². The standard InChI is InChI=1S/C16H20N2O2S/c1-11-3-4-14(9-12(11)2)18-16(20)17-7-5-15(19)13-6-8-21-10-13/h3-4,6,8-10,15,19H,5,7H2,1-2H3,(H2,17,18,20)/t15-/m1/s1. The van der Waals surface area contributed by atoms with Gasteiger partial charge in [0.15, 0.2) is 0 Å². The number of hydrogen-bond donors (Lipinski definition) is 3. The number of aliphatic hydroxyl groups excluding tert-OH is 1. The highest BCUT2D eigenvalue weighted by atomic mass is 32.1. The van der Waals surface area contributed by atoms with E-state index in [-0.39, 0.29) is 6.03 Å². The van der Waals surface area contributed by atoms with E-state index in [2.05, 4.69) is 10.6 Å². The molecule has 3 N–H and O–H groups in total. The van der Waals surface area contributed by atoms with Gasteiger partial charge in [0, 0.05) is 12.2 Å². The Morgan fingerprint density at radius 3 is 2.76 bits per heavy atom. The summed E-state index contributed by atoms with van der Waals surface area (Å²) in [5.41, 5.74) is 4.01. The number of benzene rings is 1. The molecule has 2 rings (SSSR count). The number of amides is 2. The summed E-state index contributed by atoms with van der Waals surface area (Å²) in [5, 5.41) is 19.3. The van der Waals surface area contributed by atoms with Crippen LogP contribution in [0.5, 0.6) is 0 Å². The van der Waals surface area contributed by atoms with E-state index in [1.165, 1.54) is 5.56 Å². The maximum atomic E-state index is 11.8. The van der Waals surface area contributed by atoms with Gasteiger partial charge in [-0.3, -0.25) is 0 Å². The lowest BCUT2D eigenvalue weighted by Gasteiger charge is -2.11. The summed E-state index contributed by atoms with van der Waals surface area (Å²) in [5.74, 6) is 0. The van der Waals surface area contributed by atoms with Gasteiger partial charge in [-0.15, -0.1) is 0 Å². The number of carbonyl (C=O) groups excluding carboxylic acids is 1. The zero-order valence-corrected chi connectivity index (χ0v) is 13.0. The number of hydrogen-bond acceptors (Lipinski definition) is 3. The Balaban J connectivity index is 1.76. The summed E-state index contributed by atoms with van der Waals surface area (Å²) < 4.78 is 0. The van der Waals surface area contributed by atoms with Gasteiger partial charge in [0.1, 0.15) is 0 Å². The second kappa shape index (κ2) is 7.24. The molecule has 0 saturated heterocycles. The molecule has 21 heavy (non-hydrogen) atoms. The maximum absolute atomic E-state index is 11.8. The second-order valence-corrected chi connectivity index (χ2v) is 5.82. The van der Waals surface area contributed by atoms with Crippen molar-refractivity contribution in [2.75, 3.05) is 11.9 Å². The normalized spacial score (nSPS) is 12.0. The lowest BCUT2D eigenvalue weighted by Crippen LogP contribution is -2.30. The molecule has 0 spiro atoms. The third kappa shape index (κ3) is 4.58. The van der Waals surface area contributed by atoms with Crippen molar-refractivity contribution in [3.63, 3.8) is 0 Å². The maximum Gasteiger partial charge on any atom is 0.319 e. The lowest BCUT2D eigenvalue weighted by molar-refractivity contribution is 0.168. The molecule has 0 aliphatic carbocycles. The van der Waals surface area contributed by atoms with Crippen molar-refractivity contribution in [1.82, 2.24) is 5.32 Å². The summed E-state index contributed by atoms with van der Waals surface area (Å²) in [6, 6.07) is 7.43. The number of thiophene rings is 1. The molecule has 0 saturated carbocycles. The van der Waals surface area contributed by atoms with Crippen molar-refractivity contribution in [3.8, 4) is 0 Å². The Morgan fingerprint density at radius 1 is 1.29 bits per heavy atom. The van der Waals surface area contributed by atoms with Gasteiger partial charge in [-0.2, -0.15) is 11.3 Å². The number of carbonyl (C=O) groups is 1. The van der Waals surface area contributed by atoms with Crippen LogP contribution in [0, 0.1) is 13.8 Å². The first-order chi connectivity index (χ1) is 10.1. The number of urea groups is 1. The van der Waals surface area contributed by atoms with E-state index in [9.17, 15) is 9.90 Å². The first-order valence-corrected chi connectivity index (χ1v) is 7.83. The molecule has 0 fully saturated rings. The fraction of sp³-hybridized carbons (Fsp3) is 0.312. The molecule has 0 radical (unpaired) electrons. The Bertz CT molecular complexity index is 596. The van der Waals surface area contributed by atoms with E-state index < -0.39 is 6.10 Å². The summed E-state index contributed by atoms with van der Waals surface area (Å²) >= 11 is 1.55. The molecule has 1 aromatic heterocycles. The first-order valence-electron chi connectivity index (χ1n) is 6.88. The quantitative estimate of drug-likeness (QED) is 0.790. The van der Waals surface area contributed by atoms with Crippen LogP contribution in [0.15, 0.2) is 35.0 Å². The molecule has 4 nitrogen and oxygen atoms in total. The molecule has 2 amide bonds. The predicted octanol–water partition coefficient (Wildman–Crippen LogP) is 3.61. The first kappa shape index (κ1) is 15.5. The third-order valence-electron chi connectivity index (χ3n) is 3.40. The van der Waals surface area contributed by atoms with Crippen LogP contribution < -0.4 is 10.6 Å². The number of rotatable bonds is 5. The molecule has 1 heterocycles. The van der Waals surface area contributed by atoms with E-state index in [0.29, 0.717) is 13.0 Å². The monoisotopic (exact) mass is 304 g/mol. The highest BCUT2D eigenvalue weighted by Gasteiger charge is 2.08. The van der Waals surface area contributed by atoms with Crippen LogP contribution in [0.3, 0.4) is 0 Å². The van der Waals surface area contributed by atoms with Crippen molar-refractivity contribution in [2.45, 2.75) is 26.4 Å². The van der Waals surface area contributed by atoms with Crippen molar-refractivity contribution < 1.29 is 9.90 Å². The van der Waals surface area contributed by atoms with Crippen molar-refractivity contribution >= 4 is 23.1 Å². The predicted molar refractivity (Wildman–Crippen MR) is 86.8 cm³/mol. The molecule has 2 aromatic rings. The third-order valence-corrected chi connectivity index (χ3v) is 4.10. The number of nitrogens with one attached hydrogen (secondary N) is 2. The highest BCUT2D eigenvalue weighted by Crippen LogP contribution is 2.18. The zero-order valence-electron chi connectivity index (χ0n) is 12.2. The van der Waals surface area contributed by atoms with Crippen molar-refractivity contribution in [2.24, 2.45) is 0 Å². The lowest BCUT2D eigenvalue weighted by atomic mass is 10.1. The number of aryl methyl sites for hydroxylation is 2. The van der Waals surface area contributed by atoms with Gasteiger partial charge in [-0.25, -0.2) is 4.79 Å². The summed E-state index contributed by atoms with van der Waals surface area (Å²) in [4.78, 5) is 11.8. The summed E-state index contributed by atoms with van der Waals surface area (Å²) in [6.45, 7) is 4.47. The molecule has 0 unspecified atom stereocenters. The average Bonchev–Trinajstić information content (AvgIpc) is 2.97. The Hall–Kier alpha value is -1.85. The van der Waals surface area contributed by atoms with Crippen LogP contribution in [0.2, 0.25) is 0 Å². The molecule has 1 aromatic carbocycles. The van der Waals surface area contributed by atoms with Gasteiger partial charge in [-0.05, 0) is 65.9 Å². The Labute approximate surface area is 128 Å². The van der Waals surface area contributed by atoms with Crippen LogP contribution in [0.25, 0.3) is 0 Å². The van der Waals surface area contributed by atoms with Gasteiger partial charge in [0.2, 0.25) is 0 Å². The van der Waals surface area contributed by atoms with E-state index in [1.54, 1.807) is 11.3 Å². The van der Waals surface area contributed by atoms with E-state index in [4.69, 9.17) is 0 Å². The van der Waals surface area contributed by atoms with E-state index in [1.807, 2.05) is 48.9 Å². The Kier molecular flexibility index (Phi) is 5.36. The summed E-state index contributed by atoms with van der Waals surface area (Å²) in [7, 11) is 0. The van der Waals surface area contributed by atoms with Crippen molar-refractivity contribution in [3.05, 3.63) is 51.7 Å². The molecular weight excluding hydrogens is 284 g/mol. The second-order valence-electron chi connectivity index (χ2n) is 5.04. The zero-order chi connectivity index (χ0) is 15.2. The smallest absolute Gasteiger partial charge is 0.319 e. The van der Waals surface area contributed by atoms with Crippen molar-refractivity contribution in [1.29, 1.82) is 0 Å². The summed E-state index contributed by atoms with van der Waals surface area (Å²) in [6.07, 6.45) is -0.0324. The van der Waals surface area contributed by atoms with Crippen LogP contribution in [0.1, 0.15) is 29.2 Å². The fourth-order valence-corrected chi connectivity index (χ4v) is 2.66. The highest BCUT2D eigenvalue weighted by molar-refractivity contribution is 7.07. The number of anilines is 1. The van der Waals surface area contributed by atoms with Crippen LogP contribution in [-0.2, 0) is 0 Å². The largest absolute Gasteiger partial charge is 0.388 e.